The van der Waals surface area contributed by atoms with Crippen LogP contribution in [0.3, 0.4) is 0 Å². The fraction of sp³-hybridized carbons (Fsp3) is 0. The van der Waals surface area contributed by atoms with Gasteiger partial charge in [0, 0.05) is 6.20 Å². The van der Waals surface area contributed by atoms with E-state index in [1.54, 1.807) is 24.3 Å². The van der Waals surface area contributed by atoms with Gasteiger partial charge in [0.15, 0.2) is 0 Å². The maximum absolute atomic E-state index is 11.8. The number of sulfonamides is 1. The van der Waals surface area contributed by atoms with Crippen molar-refractivity contribution >= 4 is 22.0 Å². The lowest BCUT2D eigenvalue weighted by atomic mass is 10.2. The quantitative estimate of drug-likeness (QED) is 0.925. The van der Waals surface area contributed by atoms with Crippen LogP contribution in [0.4, 0.5) is 0 Å². The van der Waals surface area contributed by atoms with Crippen LogP contribution < -0.4 is 4.72 Å². The first-order chi connectivity index (χ1) is 10.5. The maximum Gasteiger partial charge on any atom is 0.266 e. The van der Waals surface area contributed by atoms with Gasteiger partial charge in [0.2, 0.25) is 0 Å². The Bertz CT molecular complexity index is 836. The Morgan fingerprint density at radius 2 is 1.91 bits per heavy atom. The number of pyridine rings is 1. The predicted molar refractivity (Wildman–Crippen MR) is 80.8 cm³/mol. The van der Waals surface area contributed by atoms with Crippen molar-refractivity contribution in [2.24, 2.45) is 0 Å². The average Bonchev–Trinajstić information content (AvgIpc) is 2.54. The third kappa shape index (κ3) is 4.26. The zero-order valence-electron chi connectivity index (χ0n) is 11.3. The molecule has 0 bridgehead atoms. The molecule has 0 fully saturated rings. The third-order valence-electron chi connectivity index (χ3n) is 2.61. The van der Waals surface area contributed by atoms with E-state index in [-0.39, 0.29) is 11.3 Å². The molecule has 0 aliphatic carbocycles. The maximum atomic E-state index is 11.8. The number of hydrogen-bond donors (Lipinski definition) is 1. The minimum atomic E-state index is -3.92. The summed E-state index contributed by atoms with van der Waals surface area (Å²) >= 11 is 0. The molecule has 0 spiro atoms. The van der Waals surface area contributed by atoms with Crippen molar-refractivity contribution in [3.05, 3.63) is 70.9 Å². The Labute approximate surface area is 127 Å². The van der Waals surface area contributed by atoms with Crippen molar-refractivity contribution in [2.75, 3.05) is 0 Å². The van der Waals surface area contributed by atoms with Crippen molar-refractivity contribution in [3.8, 4) is 6.07 Å². The molecule has 7 heteroatoms. The molecule has 1 amide bonds. The Hall–Kier alpha value is -2.98. The van der Waals surface area contributed by atoms with Crippen LogP contribution in [0.1, 0.15) is 21.6 Å². The topological polar surface area (TPSA) is 99.9 Å². The number of rotatable bonds is 4. The molecule has 0 aliphatic rings. The number of carbonyl (C=O) groups excluding carboxylic acids is 1. The first kappa shape index (κ1) is 15.4. The predicted octanol–water partition coefficient (Wildman–Crippen LogP) is 1.68. The number of carbonyl (C=O) groups is 1. The smallest absolute Gasteiger partial charge is 0.266 e. The fourth-order valence-electron chi connectivity index (χ4n) is 1.55. The van der Waals surface area contributed by atoms with Crippen LogP contribution in [0.15, 0.2) is 54.1 Å². The SMILES string of the molecule is N#Cc1ccc(C(=O)NS(=O)(=O)/C=C/c2ccccc2)cn1. The van der Waals surface area contributed by atoms with Gasteiger partial charge in [0.25, 0.3) is 15.9 Å². The van der Waals surface area contributed by atoms with Crippen molar-refractivity contribution < 1.29 is 13.2 Å². The van der Waals surface area contributed by atoms with Gasteiger partial charge in [0.05, 0.1) is 11.0 Å². The van der Waals surface area contributed by atoms with Crippen LogP contribution in [-0.4, -0.2) is 19.3 Å². The van der Waals surface area contributed by atoms with Gasteiger partial charge in [-0.15, -0.1) is 0 Å². The second-order valence-corrected chi connectivity index (χ2v) is 5.80. The zero-order valence-corrected chi connectivity index (χ0v) is 12.1. The highest BCUT2D eigenvalue weighted by Gasteiger charge is 2.13. The van der Waals surface area contributed by atoms with E-state index in [2.05, 4.69) is 4.98 Å². The van der Waals surface area contributed by atoms with Crippen LogP contribution in [0.2, 0.25) is 0 Å². The standard InChI is InChI=1S/C15H11N3O3S/c16-10-14-7-6-13(11-17-14)15(19)18-22(20,21)9-8-12-4-2-1-3-5-12/h1-9,11H,(H,18,19)/b9-8+. The van der Waals surface area contributed by atoms with Gasteiger partial charge in [-0.1, -0.05) is 30.3 Å². The number of aromatic nitrogens is 1. The molecular formula is C15H11N3O3S. The molecule has 0 radical (unpaired) electrons. The Morgan fingerprint density at radius 3 is 2.50 bits per heavy atom. The van der Waals surface area contributed by atoms with Crippen molar-refractivity contribution in [3.63, 3.8) is 0 Å². The first-order valence-corrected chi connectivity index (χ1v) is 7.71. The van der Waals surface area contributed by atoms with Crippen LogP contribution >= 0.6 is 0 Å². The van der Waals surface area contributed by atoms with E-state index in [0.29, 0.717) is 5.56 Å². The summed E-state index contributed by atoms with van der Waals surface area (Å²) in [6, 6.07) is 13.3. The molecule has 0 atom stereocenters. The van der Waals surface area contributed by atoms with E-state index in [1.807, 2.05) is 16.9 Å². The molecule has 2 aromatic rings. The lowest BCUT2D eigenvalue weighted by Crippen LogP contribution is -2.28. The van der Waals surface area contributed by atoms with Crippen LogP contribution in [0, 0.1) is 11.3 Å². The highest BCUT2D eigenvalue weighted by molar-refractivity contribution is 7.93. The summed E-state index contributed by atoms with van der Waals surface area (Å²) in [5.41, 5.74) is 0.888. The van der Waals surface area contributed by atoms with Crippen molar-refractivity contribution in [1.29, 1.82) is 5.26 Å². The van der Waals surface area contributed by atoms with Gasteiger partial charge >= 0.3 is 0 Å². The van der Waals surface area contributed by atoms with E-state index in [9.17, 15) is 13.2 Å². The minimum absolute atomic E-state index is 0.0516. The highest BCUT2D eigenvalue weighted by atomic mass is 32.2. The van der Waals surface area contributed by atoms with Gasteiger partial charge in [-0.25, -0.2) is 18.1 Å². The molecule has 0 saturated carbocycles. The van der Waals surface area contributed by atoms with Gasteiger partial charge in [0.1, 0.15) is 11.8 Å². The average molecular weight is 313 g/mol. The number of benzene rings is 1. The zero-order chi connectivity index (χ0) is 16.0. The second kappa shape index (κ2) is 6.65. The molecule has 0 unspecified atom stereocenters. The molecule has 1 aromatic carbocycles. The van der Waals surface area contributed by atoms with Gasteiger partial charge in [-0.3, -0.25) is 4.79 Å². The number of hydrogen-bond acceptors (Lipinski definition) is 5. The van der Waals surface area contributed by atoms with Crippen molar-refractivity contribution in [1.82, 2.24) is 9.71 Å². The molecule has 22 heavy (non-hydrogen) atoms. The van der Waals surface area contributed by atoms with E-state index in [4.69, 9.17) is 5.26 Å². The number of nitrogens with one attached hydrogen (secondary N) is 1. The van der Waals surface area contributed by atoms with E-state index in [0.717, 1.165) is 11.6 Å². The molecule has 6 nitrogen and oxygen atoms in total. The second-order valence-electron chi connectivity index (χ2n) is 4.23. The van der Waals surface area contributed by atoms with Crippen LogP contribution in [0.5, 0.6) is 0 Å². The normalized spacial score (nSPS) is 11.0. The summed E-state index contributed by atoms with van der Waals surface area (Å²) < 4.78 is 25.5. The Kier molecular flexibility index (Phi) is 4.66. The van der Waals surface area contributed by atoms with Gasteiger partial charge in [-0.2, -0.15) is 5.26 Å². The molecule has 0 saturated heterocycles. The summed E-state index contributed by atoms with van der Waals surface area (Å²) in [6.45, 7) is 0. The molecule has 2 rings (SSSR count). The summed E-state index contributed by atoms with van der Waals surface area (Å²) in [5, 5.41) is 9.53. The number of nitrogens with zero attached hydrogens (tertiary/aromatic N) is 2. The number of amides is 1. The molecule has 110 valence electrons. The summed E-state index contributed by atoms with van der Waals surface area (Å²) in [4.78, 5) is 15.5. The largest absolute Gasteiger partial charge is 0.268 e. The number of nitriles is 1. The molecule has 1 heterocycles. The van der Waals surface area contributed by atoms with Gasteiger partial charge < -0.3 is 0 Å². The Morgan fingerprint density at radius 1 is 1.18 bits per heavy atom. The fourth-order valence-corrected chi connectivity index (χ4v) is 2.33. The first-order valence-electron chi connectivity index (χ1n) is 6.16. The summed E-state index contributed by atoms with van der Waals surface area (Å²) in [7, 11) is -3.92. The Balaban J connectivity index is 2.09. The minimum Gasteiger partial charge on any atom is -0.268 e. The third-order valence-corrected chi connectivity index (χ3v) is 3.58. The molecular weight excluding hydrogens is 302 g/mol. The lowest BCUT2D eigenvalue weighted by Gasteiger charge is -2.03. The van der Waals surface area contributed by atoms with E-state index >= 15 is 0 Å². The molecule has 0 aliphatic heterocycles. The highest BCUT2D eigenvalue weighted by Crippen LogP contribution is 2.04. The van der Waals surface area contributed by atoms with Crippen LogP contribution in [0.25, 0.3) is 6.08 Å². The van der Waals surface area contributed by atoms with Gasteiger partial charge in [-0.05, 0) is 23.8 Å². The van der Waals surface area contributed by atoms with E-state index in [1.165, 1.54) is 18.2 Å². The van der Waals surface area contributed by atoms with E-state index < -0.39 is 15.9 Å². The monoisotopic (exact) mass is 313 g/mol. The molecule has 1 N–H and O–H groups in total. The summed E-state index contributed by atoms with van der Waals surface area (Å²) in [5.74, 6) is -0.810. The van der Waals surface area contributed by atoms with Crippen LogP contribution in [-0.2, 0) is 10.0 Å². The lowest BCUT2D eigenvalue weighted by molar-refractivity contribution is 0.0981. The summed E-state index contributed by atoms with van der Waals surface area (Å²) in [6.07, 6.45) is 2.52. The molecule has 1 aromatic heterocycles. The van der Waals surface area contributed by atoms with Crippen molar-refractivity contribution in [2.45, 2.75) is 0 Å².